The lowest BCUT2D eigenvalue weighted by molar-refractivity contribution is -0.174. The molecule has 0 bridgehead atoms. The maximum absolute atomic E-state index is 11.7. The zero-order chi connectivity index (χ0) is 12.9. The molecule has 0 aliphatic carbocycles. The summed E-state index contributed by atoms with van der Waals surface area (Å²) in [6.45, 7) is -1.42. The Morgan fingerprint density at radius 1 is 1.53 bits per heavy atom. The standard InChI is InChI=1S/C8H10F3N3O3/c1-16-7(15)6-12-5-14(13-6)2-3-17-4-8(9,10)11/h5H,2-4H2,1H3. The van der Waals surface area contributed by atoms with E-state index in [1.54, 1.807) is 0 Å². The van der Waals surface area contributed by atoms with Crippen LogP contribution in [0.4, 0.5) is 13.2 Å². The van der Waals surface area contributed by atoms with Crippen LogP contribution in [-0.4, -0.2) is 47.2 Å². The van der Waals surface area contributed by atoms with Crippen molar-refractivity contribution in [1.29, 1.82) is 0 Å². The van der Waals surface area contributed by atoms with Gasteiger partial charge in [-0.3, -0.25) is 0 Å². The van der Waals surface area contributed by atoms with Crippen molar-refractivity contribution in [2.24, 2.45) is 0 Å². The van der Waals surface area contributed by atoms with Crippen LogP contribution in [0.2, 0.25) is 0 Å². The fraction of sp³-hybridized carbons (Fsp3) is 0.625. The van der Waals surface area contributed by atoms with Gasteiger partial charge in [0.25, 0.3) is 5.82 Å². The topological polar surface area (TPSA) is 66.2 Å². The van der Waals surface area contributed by atoms with Gasteiger partial charge in [0, 0.05) is 0 Å². The van der Waals surface area contributed by atoms with Crippen molar-refractivity contribution in [1.82, 2.24) is 14.8 Å². The second-order valence-corrected chi connectivity index (χ2v) is 2.99. The first-order valence-corrected chi connectivity index (χ1v) is 4.54. The molecule has 0 saturated carbocycles. The lowest BCUT2D eigenvalue weighted by Crippen LogP contribution is -2.19. The van der Waals surface area contributed by atoms with Crippen molar-refractivity contribution in [2.45, 2.75) is 12.7 Å². The molecular formula is C8H10F3N3O3. The van der Waals surface area contributed by atoms with E-state index in [2.05, 4.69) is 19.6 Å². The van der Waals surface area contributed by atoms with E-state index in [1.807, 2.05) is 0 Å². The number of methoxy groups -OCH3 is 1. The van der Waals surface area contributed by atoms with Crippen LogP contribution in [0, 0.1) is 0 Å². The van der Waals surface area contributed by atoms with Crippen LogP contribution < -0.4 is 0 Å². The van der Waals surface area contributed by atoms with Gasteiger partial charge in [-0.15, -0.1) is 5.10 Å². The zero-order valence-electron chi connectivity index (χ0n) is 8.90. The van der Waals surface area contributed by atoms with E-state index in [0.717, 1.165) is 0 Å². The van der Waals surface area contributed by atoms with Crippen LogP contribution in [0.5, 0.6) is 0 Å². The molecule has 0 aliphatic rings. The van der Waals surface area contributed by atoms with E-state index >= 15 is 0 Å². The number of esters is 1. The first-order chi connectivity index (χ1) is 7.92. The van der Waals surface area contributed by atoms with Gasteiger partial charge in [-0.25, -0.2) is 14.5 Å². The number of carbonyl (C=O) groups excluding carboxylic acids is 1. The number of carbonyl (C=O) groups is 1. The van der Waals surface area contributed by atoms with Gasteiger partial charge in [0.15, 0.2) is 0 Å². The Bertz CT molecular complexity index is 378. The minimum absolute atomic E-state index is 0.0695. The van der Waals surface area contributed by atoms with Gasteiger partial charge in [0.2, 0.25) is 0 Å². The van der Waals surface area contributed by atoms with Crippen LogP contribution in [-0.2, 0) is 16.0 Å². The Morgan fingerprint density at radius 3 is 2.82 bits per heavy atom. The third-order valence-corrected chi connectivity index (χ3v) is 1.63. The third kappa shape index (κ3) is 4.81. The van der Waals surface area contributed by atoms with Gasteiger partial charge in [-0.2, -0.15) is 13.2 Å². The van der Waals surface area contributed by atoms with Gasteiger partial charge < -0.3 is 9.47 Å². The number of aromatic nitrogens is 3. The van der Waals surface area contributed by atoms with Crippen molar-refractivity contribution in [3.05, 3.63) is 12.2 Å². The Kier molecular flexibility index (Phi) is 4.44. The summed E-state index contributed by atoms with van der Waals surface area (Å²) in [4.78, 5) is 14.6. The average molecular weight is 253 g/mol. The van der Waals surface area contributed by atoms with Gasteiger partial charge in [-0.05, 0) is 0 Å². The lowest BCUT2D eigenvalue weighted by Gasteiger charge is -2.06. The SMILES string of the molecule is COC(=O)c1ncn(CCOCC(F)(F)F)n1. The maximum atomic E-state index is 11.7. The molecule has 17 heavy (non-hydrogen) atoms. The lowest BCUT2D eigenvalue weighted by atomic mass is 10.6. The van der Waals surface area contributed by atoms with Crippen LogP contribution in [0.3, 0.4) is 0 Å². The predicted molar refractivity (Wildman–Crippen MR) is 48.2 cm³/mol. The molecule has 9 heteroatoms. The van der Waals surface area contributed by atoms with Crippen LogP contribution >= 0.6 is 0 Å². The number of hydrogen-bond donors (Lipinski definition) is 0. The first kappa shape index (κ1) is 13.4. The highest BCUT2D eigenvalue weighted by Gasteiger charge is 2.27. The molecule has 6 nitrogen and oxygen atoms in total. The maximum Gasteiger partial charge on any atom is 0.411 e. The van der Waals surface area contributed by atoms with Gasteiger partial charge in [-0.1, -0.05) is 0 Å². The number of rotatable bonds is 5. The molecule has 0 aliphatic heterocycles. The second-order valence-electron chi connectivity index (χ2n) is 2.99. The molecule has 0 fully saturated rings. The molecular weight excluding hydrogens is 243 g/mol. The molecule has 0 amide bonds. The molecule has 1 rings (SSSR count). The largest absolute Gasteiger partial charge is 0.463 e. The summed E-state index contributed by atoms with van der Waals surface area (Å²) < 4.78 is 45.1. The molecule has 0 unspecified atom stereocenters. The zero-order valence-corrected chi connectivity index (χ0v) is 8.90. The third-order valence-electron chi connectivity index (χ3n) is 1.63. The predicted octanol–water partition coefficient (Wildman–Crippen LogP) is 0.644. The molecule has 1 heterocycles. The summed E-state index contributed by atoms with van der Waals surface area (Å²) in [5, 5.41) is 3.68. The van der Waals surface area contributed by atoms with Crippen molar-refractivity contribution >= 4 is 5.97 Å². The number of alkyl halides is 3. The molecule has 1 aromatic rings. The van der Waals surface area contributed by atoms with Crippen molar-refractivity contribution in [3.8, 4) is 0 Å². The summed E-state index contributed by atoms with van der Waals surface area (Å²) in [5.74, 6) is -0.858. The van der Waals surface area contributed by atoms with Crippen LogP contribution in [0.15, 0.2) is 6.33 Å². The van der Waals surface area contributed by atoms with Crippen LogP contribution in [0.1, 0.15) is 10.6 Å². The van der Waals surface area contributed by atoms with E-state index in [9.17, 15) is 18.0 Å². The van der Waals surface area contributed by atoms with Gasteiger partial charge in [0.1, 0.15) is 12.9 Å². The normalized spacial score (nSPS) is 11.5. The molecule has 0 atom stereocenters. The molecule has 1 aromatic heterocycles. The van der Waals surface area contributed by atoms with E-state index in [0.29, 0.717) is 0 Å². The van der Waals surface area contributed by atoms with Crippen molar-refractivity contribution in [2.75, 3.05) is 20.3 Å². The fourth-order valence-electron chi connectivity index (χ4n) is 0.933. The number of halogens is 3. The molecule has 0 aromatic carbocycles. The average Bonchev–Trinajstić information content (AvgIpc) is 2.70. The second kappa shape index (κ2) is 5.62. The summed E-state index contributed by atoms with van der Waals surface area (Å²) in [6, 6.07) is 0. The van der Waals surface area contributed by atoms with E-state index in [4.69, 9.17) is 0 Å². The monoisotopic (exact) mass is 253 g/mol. The highest BCUT2D eigenvalue weighted by atomic mass is 19.4. The van der Waals surface area contributed by atoms with E-state index < -0.39 is 18.8 Å². The van der Waals surface area contributed by atoms with E-state index in [-0.39, 0.29) is 19.0 Å². The molecule has 0 saturated heterocycles. The van der Waals surface area contributed by atoms with E-state index in [1.165, 1.54) is 18.1 Å². The summed E-state index contributed by atoms with van der Waals surface area (Å²) in [5.41, 5.74) is 0. The number of hydrogen-bond acceptors (Lipinski definition) is 5. The highest BCUT2D eigenvalue weighted by molar-refractivity contribution is 5.84. The molecule has 96 valence electrons. The minimum Gasteiger partial charge on any atom is -0.463 e. The quantitative estimate of drug-likeness (QED) is 0.569. The van der Waals surface area contributed by atoms with Crippen molar-refractivity contribution < 1.29 is 27.4 Å². The Labute approximate surface area is 94.3 Å². The summed E-state index contributed by atoms with van der Waals surface area (Å²) in [7, 11) is 1.18. The summed E-state index contributed by atoms with van der Waals surface area (Å²) in [6.07, 6.45) is -3.14. The Morgan fingerprint density at radius 2 is 2.24 bits per heavy atom. The number of ether oxygens (including phenoxy) is 2. The number of nitrogens with zero attached hydrogens (tertiary/aromatic N) is 3. The Balaban J connectivity index is 2.33. The minimum atomic E-state index is -4.35. The van der Waals surface area contributed by atoms with Gasteiger partial charge >= 0.3 is 12.1 Å². The van der Waals surface area contributed by atoms with Crippen molar-refractivity contribution in [3.63, 3.8) is 0 Å². The van der Waals surface area contributed by atoms with Gasteiger partial charge in [0.05, 0.1) is 20.3 Å². The van der Waals surface area contributed by atoms with Crippen LogP contribution in [0.25, 0.3) is 0 Å². The molecule has 0 spiro atoms. The summed E-state index contributed by atoms with van der Waals surface area (Å²) >= 11 is 0. The Hall–Kier alpha value is -1.64. The fourth-order valence-corrected chi connectivity index (χ4v) is 0.933. The smallest absolute Gasteiger partial charge is 0.411 e. The first-order valence-electron chi connectivity index (χ1n) is 4.54. The molecule has 0 radical (unpaired) electrons. The molecule has 0 N–H and O–H groups in total. The highest BCUT2D eigenvalue weighted by Crippen LogP contribution is 2.14.